The Morgan fingerprint density at radius 2 is 0.866 bits per heavy atom. The molecule has 9 heteroatoms. The number of allylic oxidation sites excluding steroid dienone is 7. The van der Waals surface area contributed by atoms with E-state index >= 15 is 0 Å². The highest BCUT2D eigenvalue weighted by Crippen LogP contribution is 2.43. The first-order valence-electron chi connectivity index (χ1n) is 28.5. The number of hydrogen-bond acceptors (Lipinski definition) is 5. The molecule has 0 aromatic heterocycles. The number of rotatable bonds is 52. The number of phosphoric ester groups is 1. The summed E-state index contributed by atoms with van der Waals surface area (Å²) in [5.74, 6) is -0.193. The van der Waals surface area contributed by atoms with E-state index in [0.29, 0.717) is 17.4 Å². The van der Waals surface area contributed by atoms with E-state index in [1.54, 1.807) is 6.08 Å². The van der Waals surface area contributed by atoms with Crippen molar-refractivity contribution in [3.8, 4) is 0 Å². The minimum absolute atomic E-state index is 0.0537. The second kappa shape index (κ2) is 49.4. The van der Waals surface area contributed by atoms with Gasteiger partial charge in [0.15, 0.2) is 0 Å². The molecule has 3 N–H and O–H groups in total. The number of phosphoric acid groups is 1. The molecule has 0 aromatic rings. The van der Waals surface area contributed by atoms with Crippen molar-refractivity contribution in [1.29, 1.82) is 0 Å². The van der Waals surface area contributed by atoms with Crippen LogP contribution in [0.1, 0.15) is 264 Å². The van der Waals surface area contributed by atoms with Crippen LogP contribution in [0.15, 0.2) is 48.6 Å². The van der Waals surface area contributed by atoms with Crippen LogP contribution in [0.25, 0.3) is 0 Å². The summed E-state index contributed by atoms with van der Waals surface area (Å²) in [5.41, 5.74) is 0. The second-order valence-corrected chi connectivity index (χ2v) is 22.1. The molecule has 0 saturated heterocycles. The topological polar surface area (TPSA) is 105 Å². The molecule has 0 heterocycles. The number of hydrogen-bond donors (Lipinski definition) is 3. The van der Waals surface area contributed by atoms with E-state index in [-0.39, 0.29) is 19.1 Å². The SMILES string of the molecule is CCCCCC/C=C\C/C=C\CCCCCCCCCC(=O)NC(COP(=O)(O)OCC[N+](C)(C)C)C(O)/C=C/CC/C=C/CCCCCCCCCCCCCCCCCCCCCCC. The molecule has 0 aromatic carbocycles. The molecule has 394 valence electrons. The molecule has 0 spiro atoms. The van der Waals surface area contributed by atoms with Gasteiger partial charge < -0.3 is 19.8 Å². The Balaban J connectivity index is 4.25. The van der Waals surface area contributed by atoms with Crippen molar-refractivity contribution in [2.24, 2.45) is 0 Å². The maximum atomic E-state index is 12.9. The molecule has 0 aliphatic rings. The summed E-state index contributed by atoms with van der Waals surface area (Å²) >= 11 is 0. The summed E-state index contributed by atoms with van der Waals surface area (Å²) in [6, 6.07) is -0.869. The number of quaternary nitrogens is 1. The minimum Gasteiger partial charge on any atom is -0.387 e. The number of amides is 1. The zero-order chi connectivity index (χ0) is 49.2. The highest BCUT2D eigenvalue weighted by atomic mass is 31.2. The van der Waals surface area contributed by atoms with E-state index in [2.05, 4.69) is 55.6 Å². The Morgan fingerprint density at radius 3 is 1.30 bits per heavy atom. The molecule has 1 amide bonds. The number of nitrogens with zero attached hydrogens (tertiary/aromatic N) is 1. The highest BCUT2D eigenvalue weighted by molar-refractivity contribution is 7.47. The highest BCUT2D eigenvalue weighted by Gasteiger charge is 2.27. The molecular formula is C58H112N2O6P+. The quantitative estimate of drug-likeness (QED) is 0.0243. The van der Waals surface area contributed by atoms with Crippen LogP contribution in [0.3, 0.4) is 0 Å². The van der Waals surface area contributed by atoms with E-state index in [1.165, 1.54) is 193 Å². The Kier molecular flexibility index (Phi) is 48.3. The van der Waals surface area contributed by atoms with E-state index in [4.69, 9.17) is 9.05 Å². The van der Waals surface area contributed by atoms with E-state index < -0.39 is 20.0 Å². The Hall–Kier alpha value is -1.54. The van der Waals surface area contributed by atoms with Crippen LogP contribution in [0, 0.1) is 0 Å². The van der Waals surface area contributed by atoms with Gasteiger partial charge in [-0.1, -0.05) is 242 Å². The molecule has 0 aliphatic heterocycles. The van der Waals surface area contributed by atoms with Gasteiger partial charge in [-0.2, -0.15) is 0 Å². The zero-order valence-electron chi connectivity index (χ0n) is 44.9. The fraction of sp³-hybridized carbons (Fsp3) is 0.845. The lowest BCUT2D eigenvalue weighted by Gasteiger charge is -2.25. The zero-order valence-corrected chi connectivity index (χ0v) is 45.8. The number of carbonyl (C=O) groups excluding carboxylic acids is 1. The van der Waals surface area contributed by atoms with Gasteiger partial charge >= 0.3 is 7.82 Å². The Bertz CT molecular complexity index is 1230. The van der Waals surface area contributed by atoms with Gasteiger partial charge in [0, 0.05) is 6.42 Å². The van der Waals surface area contributed by atoms with Crippen molar-refractivity contribution in [1.82, 2.24) is 5.32 Å². The Labute approximate surface area is 416 Å². The maximum Gasteiger partial charge on any atom is 0.472 e. The molecule has 8 nitrogen and oxygen atoms in total. The minimum atomic E-state index is -4.36. The lowest BCUT2D eigenvalue weighted by atomic mass is 10.0. The normalized spacial score (nSPS) is 14.3. The second-order valence-electron chi connectivity index (χ2n) is 20.7. The molecule has 0 bridgehead atoms. The van der Waals surface area contributed by atoms with Crippen LogP contribution in [0.5, 0.6) is 0 Å². The van der Waals surface area contributed by atoms with Crippen LogP contribution >= 0.6 is 7.82 Å². The monoisotopic (exact) mass is 964 g/mol. The smallest absolute Gasteiger partial charge is 0.387 e. The molecule has 3 atom stereocenters. The summed E-state index contributed by atoms with van der Waals surface area (Å²) in [5, 5.41) is 13.9. The Morgan fingerprint density at radius 1 is 0.507 bits per heavy atom. The molecule has 0 saturated carbocycles. The van der Waals surface area contributed by atoms with Crippen molar-refractivity contribution >= 4 is 13.7 Å². The van der Waals surface area contributed by atoms with Crippen LogP contribution in [-0.2, 0) is 18.4 Å². The number of likely N-dealkylation sites (N-methyl/N-ethyl adjacent to an activating group) is 1. The molecule has 67 heavy (non-hydrogen) atoms. The first-order chi connectivity index (χ1) is 32.5. The number of nitrogens with one attached hydrogen (secondary N) is 1. The van der Waals surface area contributed by atoms with Crippen molar-refractivity contribution in [3.63, 3.8) is 0 Å². The van der Waals surface area contributed by atoms with Crippen molar-refractivity contribution in [2.45, 2.75) is 276 Å². The lowest BCUT2D eigenvalue weighted by Crippen LogP contribution is -2.45. The fourth-order valence-corrected chi connectivity index (χ4v) is 9.00. The molecular weight excluding hydrogens is 852 g/mol. The van der Waals surface area contributed by atoms with Gasteiger partial charge in [-0.15, -0.1) is 0 Å². The molecule has 0 radical (unpaired) electrons. The van der Waals surface area contributed by atoms with E-state index in [0.717, 1.165) is 51.4 Å². The van der Waals surface area contributed by atoms with Crippen LogP contribution in [0.2, 0.25) is 0 Å². The van der Waals surface area contributed by atoms with Crippen molar-refractivity contribution < 1.29 is 32.9 Å². The molecule has 0 rings (SSSR count). The van der Waals surface area contributed by atoms with Crippen molar-refractivity contribution in [2.75, 3.05) is 40.9 Å². The molecule has 0 fully saturated rings. The third kappa shape index (κ3) is 52.1. The van der Waals surface area contributed by atoms with Gasteiger partial charge in [0.2, 0.25) is 5.91 Å². The summed E-state index contributed by atoms with van der Waals surface area (Å²) < 4.78 is 23.7. The number of unbranched alkanes of at least 4 members (excludes halogenated alkanes) is 33. The van der Waals surface area contributed by atoms with Crippen LogP contribution < -0.4 is 5.32 Å². The van der Waals surface area contributed by atoms with Gasteiger partial charge in [0.25, 0.3) is 0 Å². The van der Waals surface area contributed by atoms with Crippen LogP contribution in [0.4, 0.5) is 0 Å². The summed E-state index contributed by atoms with van der Waals surface area (Å²) in [4.78, 5) is 23.3. The fourth-order valence-electron chi connectivity index (χ4n) is 8.27. The first-order valence-corrected chi connectivity index (χ1v) is 30.0. The third-order valence-electron chi connectivity index (χ3n) is 12.8. The first kappa shape index (κ1) is 65.5. The van der Waals surface area contributed by atoms with Gasteiger partial charge in [0.1, 0.15) is 13.2 Å². The van der Waals surface area contributed by atoms with Gasteiger partial charge in [-0.3, -0.25) is 13.8 Å². The maximum absolute atomic E-state index is 12.9. The average Bonchev–Trinajstić information content (AvgIpc) is 3.29. The summed E-state index contributed by atoms with van der Waals surface area (Å²) in [7, 11) is 1.55. The summed E-state index contributed by atoms with van der Waals surface area (Å²) in [6.45, 7) is 4.79. The number of carbonyl (C=O) groups is 1. The van der Waals surface area contributed by atoms with Crippen LogP contribution in [-0.4, -0.2) is 73.4 Å². The largest absolute Gasteiger partial charge is 0.472 e. The lowest BCUT2D eigenvalue weighted by molar-refractivity contribution is -0.870. The average molecular weight is 965 g/mol. The standard InChI is InChI=1S/C58H111N2O6P/c1-6-8-10-12-14-16-18-20-22-24-26-27-28-29-30-31-32-33-34-35-37-39-41-43-45-47-49-51-57(61)56(55-66-67(63,64)65-54-53-60(3,4)5)59-58(62)52-50-48-46-44-42-40-38-36-25-23-21-19-17-15-13-11-9-7-2/h17,19,23,25,41,43,49,51,56-57,61H,6-16,18,20-22,24,26-40,42,44-48,50,52-55H2,1-5H3,(H-,59,62,63,64)/p+1/b19-17-,25-23-,43-41+,51-49+. The molecule has 3 unspecified atom stereocenters. The van der Waals surface area contributed by atoms with Gasteiger partial charge in [-0.25, -0.2) is 4.57 Å². The van der Waals surface area contributed by atoms with E-state index in [1.807, 2.05) is 27.2 Å². The van der Waals surface area contributed by atoms with Gasteiger partial charge in [0.05, 0.1) is 39.9 Å². The third-order valence-corrected chi connectivity index (χ3v) is 13.8. The van der Waals surface area contributed by atoms with E-state index in [9.17, 15) is 19.4 Å². The summed E-state index contributed by atoms with van der Waals surface area (Å²) in [6.07, 6.45) is 65.0. The predicted molar refractivity (Wildman–Crippen MR) is 291 cm³/mol. The molecule has 0 aliphatic carbocycles. The van der Waals surface area contributed by atoms with Crippen molar-refractivity contribution in [3.05, 3.63) is 48.6 Å². The number of aliphatic hydroxyl groups excluding tert-OH is 1. The number of aliphatic hydroxyl groups is 1. The van der Waals surface area contributed by atoms with Gasteiger partial charge in [-0.05, 0) is 64.2 Å². The predicted octanol–water partition coefficient (Wildman–Crippen LogP) is 17.2.